The highest BCUT2D eigenvalue weighted by atomic mass is 16.3. The Morgan fingerprint density at radius 1 is 1.00 bits per heavy atom. The number of benzene rings is 2. The fourth-order valence-electron chi connectivity index (χ4n) is 2.77. The van der Waals surface area contributed by atoms with Crippen molar-refractivity contribution in [3.05, 3.63) is 48.0 Å². The summed E-state index contributed by atoms with van der Waals surface area (Å²) in [6.07, 6.45) is 4.14. The van der Waals surface area contributed by atoms with Crippen molar-refractivity contribution in [3.8, 4) is 0 Å². The number of hydrogen-bond acceptors (Lipinski definition) is 2. The molecule has 0 aromatic heterocycles. The van der Waals surface area contributed by atoms with Gasteiger partial charge in [0.05, 0.1) is 6.10 Å². The van der Waals surface area contributed by atoms with Crippen LogP contribution in [-0.2, 0) is 0 Å². The zero-order valence-corrected chi connectivity index (χ0v) is 13.2. The first kappa shape index (κ1) is 16.0. The maximum absolute atomic E-state index is 10.6. The van der Waals surface area contributed by atoms with E-state index < -0.39 is 6.10 Å². The van der Waals surface area contributed by atoms with E-state index in [4.69, 9.17) is 0 Å². The van der Waals surface area contributed by atoms with Crippen LogP contribution in [-0.4, -0.2) is 17.7 Å². The van der Waals surface area contributed by atoms with Gasteiger partial charge < -0.3 is 10.4 Å². The summed E-state index contributed by atoms with van der Waals surface area (Å²) >= 11 is 0. The molecule has 0 saturated carbocycles. The van der Waals surface area contributed by atoms with Gasteiger partial charge in [-0.1, -0.05) is 63.1 Å². The van der Waals surface area contributed by atoms with Gasteiger partial charge in [0.25, 0.3) is 0 Å². The molecule has 0 amide bonds. The molecule has 2 N–H and O–H groups in total. The van der Waals surface area contributed by atoms with E-state index in [0.29, 0.717) is 0 Å². The summed E-state index contributed by atoms with van der Waals surface area (Å²) < 4.78 is 0. The number of unbranched alkanes of at least 4 members (excludes halogenated alkanes) is 2. The molecule has 2 aromatic carbocycles. The minimum atomic E-state index is -0.443. The number of hydrogen-bond donors (Lipinski definition) is 2. The van der Waals surface area contributed by atoms with Gasteiger partial charge in [0.2, 0.25) is 0 Å². The molecule has 0 heterocycles. The van der Waals surface area contributed by atoms with Crippen molar-refractivity contribution in [3.63, 3.8) is 0 Å². The molecular weight excluding hydrogens is 258 g/mol. The lowest BCUT2D eigenvalue weighted by atomic mass is 9.97. The Labute approximate surface area is 128 Å². The molecule has 2 heteroatoms. The third-order valence-electron chi connectivity index (χ3n) is 4.12. The van der Waals surface area contributed by atoms with E-state index in [1.165, 1.54) is 30.0 Å². The van der Waals surface area contributed by atoms with Crippen LogP contribution in [0, 0.1) is 0 Å². The molecule has 0 saturated heterocycles. The van der Waals surface area contributed by atoms with Gasteiger partial charge in [0, 0.05) is 6.04 Å². The fourth-order valence-corrected chi connectivity index (χ4v) is 2.77. The summed E-state index contributed by atoms with van der Waals surface area (Å²) in [7, 11) is 0. The summed E-state index contributed by atoms with van der Waals surface area (Å²) in [5.74, 6) is 0. The molecule has 0 spiro atoms. The van der Waals surface area contributed by atoms with Gasteiger partial charge in [0.1, 0.15) is 0 Å². The van der Waals surface area contributed by atoms with E-state index in [1.54, 1.807) is 0 Å². The minimum Gasteiger partial charge on any atom is -0.387 e. The summed E-state index contributed by atoms with van der Waals surface area (Å²) in [6.45, 7) is 5.32. The summed E-state index contributed by atoms with van der Waals surface area (Å²) in [4.78, 5) is 0. The van der Waals surface area contributed by atoms with Crippen LogP contribution in [0.5, 0.6) is 0 Å². The monoisotopic (exact) mass is 285 g/mol. The van der Waals surface area contributed by atoms with Crippen molar-refractivity contribution in [2.75, 3.05) is 6.54 Å². The predicted octanol–water partition coefficient (Wildman–Crippen LogP) is 4.43. The largest absolute Gasteiger partial charge is 0.387 e. The Morgan fingerprint density at radius 3 is 2.48 bits per heavy atom. The van der Waals surface area contributed by atoms with Gasteiger partial charge in [-0.3, -0.25) is 0 Å². The quantitative estimate of drug-likeness (QED) is 0.703. The number of rotatable bonds is 8. The second kappa shape index (κ2) is 8.16. The van der Waals surface area contributed by atoms with Crippen LogP contribution in [0.25, 0.3) is 10.8 Å². The molecule has 0 fully saturated rings. The molecule has 2 nitrogen and oxygen atoms in total. The molecule has 2 rings (SSSR count). The van der Waals surface area contributed by atoms with E-state index in [2.05, 4.69) is 43.4 Å². The van der Waals surface area contributed by atoms with Crippen molar-refractivity contribution in [1.82, 2.24) is 5.32 Å². The van der Waals surface area contributed by atoms with Crippen molar-refractivity contribution in [1.29, 1.82) is 0 Å². The normalized spacial score (nSPS) is 14.2. The Bertz CT molecular complexity index is 552. The first-order chi connectivity index (χ1) is 10.3. The number of aliphatic hydroxyl groups excluding tert-OH is 1. The van der Waals surface area contributed by atoms with Gasteiger partial charge in [-0.05, 0) is 41.8 Å². The molecule has 21 heavy (non-hydrogen) atoms. The number of aliphatic hydroxyl groups is 1. The Balaban J connectivity index is 2.05. The highest BCUT2D eigenvalue weighted by Crippen LogP contribution is 2.23. The Kier molecular flexibility index (Phi) is 6.21. The first-order valence-electron chi connectivity index (χ1n) is 8.16. The van der Waals surface area contributed by atoms with Gasteiger partial charge in [0.15, 0.2) is 0 Å². The zero-order chi connectivity index (χ0) is 15.1. The molecule has 0 aliphatic carbocycles. The number of fused-ring (bicyclic) bond motifs is 1. The van der Waals surface area contributed by atoms with Gasteiger partial charge in [-0.25, -0.2) is 0 Å². The molecule has 0 aliphatic heterocycles. The smallest absolute Gasteiger partial charge is 0.0943 e. The van der Waals surface area contributed by atoms with Gasteiger partial charge in [-0.2, -0.15) is 0 Å². The molecule has 2 aromatic rings. The highest BCUT2D eigenvalue weighted by molar-refractivity contribution is 5.83. The zero-order valence-electron chi connectivity index (χ0n) is 13.2. The van der Waals surface area contributed by atoms with E-state index >= 15 is 0 Å². The SMILES string of the molecule is CCCCCNC(CC)C(O)c1ccc2ccccc2c1. The molecular formula is C19H27NO. The van der Waals surface area contributed by atoms with Crippen LogP contribution in [0.3, 0.4) is 0 Å². The Morgan fingerprint density at radius 2 is 1.76 bits per heavy atom. The third-order valence-corrected chi connectivity index (χ3v) is 4.12. The van der Waals surface area contributed by atoms with E-state index in [1.807, 2.05) is 18.2 Å². The standard InChI is InChI=1S/C19H27NO/c1-3-5-8-13-20-18(4-2)19(21)17-12-11-15-9-6-7-10-16(15)14-17/h6-7,9-12,14,18-21H,3-5,8,13H2,1-2H3. The average Bonchev–Trinajstić information content (AvgIpc) is 2.54. The van der Waals surface area contributed by atoms with Crippen LogP contribution < -0.4 is 5.32 Å². The maximum atomic E-state index is 10.6. The fraction of sp³-hybridized carbons (Fsp3) is 0.474. The molecule has 2 unspecified atom stereocenters. The van der Waals surface area contributed by atoms with Crippen LogP contribution in [0.4, 0.5) is 0 Å². The van der Waals surface area contributed by atoms with E-state index in [9.17, 15) is 5.11 Å². The minimum absolute atomic E-state index is 0.128. The second-order valence-electron chi connectivity index (χ2n) is 5.73. The first-order valence-corrected chi connectivity index (χ1v) is 8.16. The second-order valence-corrected chi connectivity index (χ2v) is 5.73. The van der Waals surface area contributed by atoms with E-state index in [0.717, 1.165) is 18.5 Å². The highest BCUT2D eigenvalue weighted by Gasteiger charge is 2.18. The molecule has 0 bridgehead atoms. The molecule has 0 radical (unpaired) electrons. The van der Waals surface area contributed by atoms with Crippen LogP contribution in [0.15, 0.2) is 42.5 Å². The summed E-state index contributed by atoms with van der Waals surface area (Å²) in [5.41, 5.74) is 1.00. The number of nitrogens with one attached hydrogen (secondary N) is 1. The van der Waals surface area contributed by atoms with Crippen molar-refractivity contribution in [2.45, 2.75) is 51.7 Å². The van der Waals surface area contributed by atoms with Gasteiger partial charge in [-0.15, -0.1) is 0 Å². The predicted molar refractivity (Wildman–Crippen MR) is 90.5 cm³/mol. The molecule has 0 aliphatic rings. The molecule has 2 atom stereocenters. The molecule has 114 valence electrons. The van der Waals surface area contributed by atoms with Gasteiger partial charge >= 0.3 is 0 Å². The van der Waals surface area contributed by atoms with Crippen molar-refractivity contribution >= 4 is 10.8 Å². The van der Waals surface area contributed by atoms with E-state index in [-0.39, 0.29) is 6.04 Å². The van der Waals surface area contributed by atoms with Crippen molar-refractivity contribution in [2.24, 2.45) is 0 Å². The third kappa shape index (κ3) is 4.29. The van der Waals surface area contributed by atoms with Crippen LogP contribution in [0.2, 0.25) is 0 Å². The maximum Gasteiger partial charge on any atom is 0.0943 e. The topological polar surface area (TPSA) is 32.3 Å². The lowest BCUT2D eigenvalue weighted by Gasteiger charge is -2.23. The van der Waals surface area contributed by atoms with Crippen molar-refractivity contribution < 1.29 is 5.11 Å². The Hall–Kier alpha value is -1.38. The lowest BCUT2D eigenvalue weighted by Crippen LogP contribution is -2.35. The summed E-state index contributed by atoms with van der Waals surface area (Å²) in [6, 6.07) is 14.7. The lowest BCUT2D eigenvalue weighted by molar-refractivity contribution is 0.126. The van der Waals surface area contributed by atoms with Crippen LogP contribution >= 0.6 is 0 Å². The van der Waals surface area contributed by atoms with Crippen LogP contribution in [0.1, 0.15) is 51.2 Å². The average molecular weight is 285 g/mol. The summed E-state index contributed by atoms with van der Waals surface area (Å²) in [5, 5.41) is 16.5.